The van der Waals surface area contributed by atoms with Crippen molar-refractivity contribution in [3.8, 4) is 0 Å². The molecule has 10 heteroatoms. The zero-order chi connectivity index (χ0) is 17.8. The molecule has 2 aromatic rings. The maximum absolute atomic E-state index is 13.3. The fourth-order valence-electron chi connectivity index (χ4n) is 2.14. The molecule has 0 fully saturated rings. The van der Waals surface area contributed by atoms with E-state index in [1.807, 2.05) is 0 Å². The molecule has 2 heterocycles. The molecule has 7 nitrogen and oxygen atoms in total. The number of rotatable bonds is 6. The minimum atomic E-state index is -4.93. The topological polar surface area (TPSA) is 92.3 Å². The number of nitrogens with zero attached hydrogens (tertiary/aromatic N) is 2. The van der Waals surface area contributed by atoms with Gasteiger partial charge in [-0.2, -0.15) is 13.2 Å². The van der Waals surface area contributed by atoms with E-state index in [1.54, 1.807) is 6.07 Å². The van der Waals surface area contributed by atoms with Crippen molar-refractivity contribution in [3.63, 3.8) is 0 Å². The lowest BCUT2D eigenvalue weighted by molar-refractivity contribution is -0.272. The number of amides is 2. The Morgan fingerprint density at radius 2 is 2.17 bits per heavy atom. The summed E-state index contributed by atoms with van der Waals surface area (Å²) >= 11 is 0. The van der Waals surface area contributed by atoms with Crippen molar-refractivity contribution in [2.24, 2.45) is 7.05 Å². The number of aryl methyl sites for hydroxylation is 1. The summed E-state index contributed by atoms with van der Waals surface area (Å²) in [5.74, 6) is -0.532. The van der Waals surface area contributed by atoms with Crippen molar-refractivity contribution in [3.05, 3.63) is 42.4 Å². The molecule has 3 N–H and O–H groups in total. The van der Waals surface area contributed by atoms with Gasteiger partial charge in [0.2, 0.25) is 5.60 Å². The predicted molar refractivity (Wildman–Crippen MR) is 76.7 cm³/mol. The SMILES string of the molecule is Cn1ccnc1[C@](O)(CCNC(=O)NCc1ccoc1)C(F)(F)F. The number of carbonyl (C=O) groups excluding carboxylic acids is 1. The molecular formula is C14H17F3N4O3. The van der Waals surface area contributed by atoms with Gasteiger partial charge in [0.1, 0.15) is 5.82 Å². The summed E-state index contributed by atoms with van der Waals surface area (Å²) in [6.45, 7) is -0.217. The third kappa shape index (κ3) is 3.88. The highest BCUT2D eigenvalue weighted by atomic mass is 19.4. The van der Waals surface area contributed by atoms with Crippen molar-refractivity contribution in [2.75, 3.05) is 6.54 Å². The normalized spacial score (nSPS) is 14.2. The third-order valence-corrected chi connectivity index (χ3v) is 3.47. The minimum Gasteiger partial charge on any atom is -0.472 e. The Morgan fingerprint density at radius 1 is 1.42 bits per heavy atom. The van der Waals surface area contributed by atoms with Crippen LogP contribution in [0.25, 0.3) is 0 Å². The van der Waals surface area contributed by atoms with Gasteiger partial charge in [-0.25, -0.2) is 9.78 Å². The van der Waals surface area contributed by atoms with Crippen molar-refractivity contribution in [1.29, 1.82) is 0 Å². The molecule has 0 aliphatic rings. The van der Waals surface area contributed by atoms with Gasteiger partial charge in [0.15, 0.2) is 0 Å². The Morgan fingerprint density at radius 3 is 2.71 bits per heavy atom. The summed E-state index contributed by atoms with van der Waals surface area (Å²) in [6.07, 6.45) is -0.356. The zero-order valence-electron chi connectivity index (χ0n) is 12.8. The summed E-state index contributed by atoms with van der Waals surface area (Å²) < 4.78 is 45.7. The first-order chi connectivity index (χ1) is 11.2. The molecule has 0 aliphatic carbocycles. The lowest BCUT2D eigenvalue weighted by atomic mass is 9.97. The number of urea groups is 1. The second-order valence-electron chi connectivity index (χ2n) is 5.21. The zero-order valence-corrected chi connectivity index (χ0v) is 12.8. The van der Waals surface area contributed by atoms with E-state index in [1.165, 1.54) is 25.8 Å². The highest BCUT2D eigenvalue weighted by Crippen LogP contribution is 2.40. The maximum atomic E-state index is 13.3. The van der Waals surface area contributed by atoms with E-state index >= 15 is 0 Å². The van der Waals surface area contributed by atoms with Crippen molar-refractivity contribution < 1.29 is 27.5 Å². The molecule has 0 aliphatic heterocycles. The Labute approximate surface area is 135 Å². The number of imidazole rings is 1. The van der Waals surface area contributed by atoms with Crippen LogP contribution in [0, 0.1) is 0 Å². The van der Waals surface area contributed by atoms with Gasteiger partial charge in [-0.05, 0) is 6.07 Å². The third-order valence-electron chi connectivity index (χ3n) is 3.47. The fourth-order valence-corrected chi connectivity index (χ4v) is 2.14. The Kier molecular flexibility index (Phi) is 5.17. The molecule has 132 valence electrons. The Bertz CT molecular complexity index is 669. The highest BCUT2D eigenvalue weighted by Gasteiger charge is 2.57. The van der Waals surface area contributed by atoms with Crippen molar-refractivity contribution >= 4 is 6.03 Å². The van der Waals surface area contributed by atoms with Crippen LogP contribution in [0.5, 0.6) is 0 Å². The molecule has 1 atom stereocenters. The summed E-state index contributed by atoms with van der Waals surface area (Å²) in [6, 6.07) is 0.990. The molecule has 0 saturated heterocycles. The molecule has 2 rings (SSSR count). The minimum absolute atomic E-state index is 0.172. The van der Waals surface area contributed by atoms with Crippen LogP contribution in [-0.2, 0) is 19.2 Å². The van der Waals surface area contributed by atoms with Gasteiger partial charge in [0, 0.05) is 44.5 Å². The number of carbonyl (C=O) groups is 1. The van der Waals surface area contributed by atoms with E-state index in [2.05, 4.69) is 15.6 Å². The maximum Gasteiger partial charge on any atom is 0.424 e. The summed E-state index contributed by atoms with van der Waals surface area (Å²) in [4.78, 5) is 15.2. The number of alkyl halides is 3. The van der Waals surface area contributed by atoms with Gasteiger partial charge in [0.25, 0.3) is 0 Å². The first-order valence-electron chi connectivity index (χ1n) is 7.04. The summed E-state index contributed by atoms with van der Waals surface area (Å²) in [5.41, 5.74) is -2.44. The van der Waals surface area contributed by atoms with E-state index in [9.17, 15) is 23.1 Å². The highest BCUT2D eigenvalue weighted by molar-refractivity contribution is 5.73. The lowest BCUT2D eigenvalue weighted by Gasteiger charge is -2.29. The largest absolute Gasteiger partial charge is 0.472 e. The number of nitrogens with one attached hydrogen (secondary N) is 2. The van der Waals surface area contributed by atoms with Crippen LogP contribution in [0.2, 0.25) is 0 Å². The number of hydrogen-bond acceptors (Lipinski definition) is 4. The molecule has 2 aromatic heterocycles. The van der Waals surface area contributed by atoms with Crippen LogP contribution in [0.4, 0.5) is 18.0 Å². The van der Waals surface area contributed by atoms with Gasteiger partial charge in [-0.15, -0.1) is 0 Å². The molecule has 0 saturated carbocycles. The molecular weight excluding hydrogens is 329 g/mol. The predicted octanol–water partition coefficient (Wildman–Crippen LogP) is 1.65. The van der Waals surface area contributed by atoms with Crippen LogP contribution in [0.15, 0.2) is 35.4 Å². The second-order valence-corrected chi connectivity index (χ2v) is 5.21. The fraction of sp³-hybridized carbons (Fsp3) is 0.429. The van der Waals surface area contributed by atoms with Gasteiger partial charge in [0.05, 0.1) is 12.5 Å². The van der Waals surface area contributed by atoms with Gasteiger partial charge in [-0.1, -0.05) is 0 Å². The molecule has 24 heavy (non-hydrogen) atoms. The van der Waals surface area contributed by atoms with Gasteiger partial charge in [-0.3, -0.25) is 0 Å². The van der Waals surface area contributed by atoms with Gasteiger partial charge >= 0.3 is 12.2 Å². The molecule has 0 aromatic carbocycles. The lowest BCUT2D eigenvalue weighted by Crippen LogP contribution is -2.47. The number of furan rings is 1. The number of aromatic nitrogens is 2. The van der Waals surface area contributed by atoms with E-state index in [4.69, 9.17) is 4.42 Å². The second kappa shape index (κ2) is 6.95. The first kappa shape index (κ1) is 17.9. The smallest absolute Gasteiger partial charge is 0.424 e. The van der Waals surface area contributed by atoms with E-state index < -0.39 is 30.1 Å². The van der Waals surface area contributed by atoms with Gasteiger partial charge < -0.3 is 24.7 Å². The molecule has 0 unspecified atom stereocenters. The Hall–Kier alpha value is -2.49. The van der Waals surface area contributed by atoms with Crippen LogP contribution in [0.3, 0.4) is 0 Å². The molecule has 2 amide bonds. The van der Waals surface area contributed by atoms with E-state index in [0.717, 1.165) is 10.8 Å². The number of aliphatic hydroxyl groups is 1. The van der Waals surface area contributed by atoms with E-state index in [0.29, 0.717) is 5.56 Å². The van der Waals surface area contributed by atoms with Crippen LogP contribution in [0.1, 0.15) is 17.8 Å². The molecule has 0 spiro atoms. The molecule has 0 bridgehead atoms. The van der Waals surface area contributed by atoms with Crippen LogP contribution < -0.4 is 10.6 Å². The molecule has 0 radical (unpaired) electrons. The number of hydrogen-bond donors (Lipinski definition) is 3. The first-order valence-corrected chi connectivity index (χ1v) is 7.04. The monoisotopic (exact) mass is 346 g/mol. The van der Waals surface area contributed by atoms with Crippen LogP contribution >= 0.6 is 0 Å². The van der Waals surface area contributed by atoms with Crippen molar-refractivity contribution in [2.45, 2.75) is 24.7 Å². The summed E-state index contributed by atoms with van der Waals surface area (Å²) in [7, 11) is 1.35. The number of halogens is 3. The quantitative estimate of drug-likeness (QED) is 0.742. The summed E-state index contributed by atoms with van der Waals surface area (Å²) in [5, 5.41) is 14.8. The average molecular weight is 346 g/mol. The standard InChI is InChI=1S/C14H17F3N4O3/c1-21-6-5-18-11(21)13(23,14(15,16)17)3-4-19-12(22)20-8-10-2-7-24-9-10/h2,5-7,9,23H,3-4,8H2,1H3,(H2,19,20,22)/t13-/m1/s1. The van der Waals surface area contributed by atoms with Crippen LogP contribution in [-0.4, -0.2) is 33.4 Å². The van der Waals surface area contributed by atoms with Crippen molar-refractivity contribution in [1.82, 2.24) is 20.2 Å². The Balaban J connectivity index is 1.92. The van der Waals surface area contributed by atoms with E-state index in [-0.39, 0.29) is 13.1 Å². The average Bonchev–Trinajstić information content (AvgIpc) is 3.15.